The first-order chi connectivity index (χ1) is 27.2. The first kappa shape index (κ1) is 38.8. The van der Waals surface area contributed by atoms with Crippen molar-refractivity contribution in [2.24, 2.45) is 5.16 Å². The highest BCUT2D eigenvalue weighted by Gasteiger charge is 2.45. The first-order valence-corrected chi connectivity index (χ1v) is 21.2. The van der Waals surface area contributed by atoms with Gasteiger partial charge in [-0.1, -0.05) is 126 Å². The molecule has 7 rings (SSSR count). The molecule has 0 spiro atoms. The van der Waals surface area contributed by atoms with Gasteiger partial charge in [0, 0.05) is 36.5 Å². The van der Waals surface area contributed by atoms with Gasteiger partial charge in [0.05, 0.1) is 16.1 Å². The number of nitrogens with zero attached hydrogens (tertiary/aromatic N) is 4. The third kappa shape index (κ3) is 8.53. The van der Waals surface area contributed by atoms with E-state index in [1.807, 2.05) is 37.7 Å². The second-order valence-electron chi connectivity index (χ2n) is 13.8. The van der Waals surface area contributed by atoms with Crippen LogP contribution in [0.25, 0.3) is 0 Å². The number of anilines is 1. The number of hydrogen-bond acceptors (Lipinski definition) is 8. The number of oxime groups is 1. The SMILES string of the molecule is CC(=NOCCOc1ccc(CC2CN(C(c3ccccc3)(c3ccccc3)c3ccccc3)CS2)cc1)c1ccc(N(C)S(=O)(=O)c2ccc(C)cc2)nc1. The Bertz CT molecular complexity index is 2210. The summed E-state index contributed by atoms with van der Waals surface area (Å²) in [5.74, 6) is 2.01. The third-order valence-corrected chi connectivity index (χ3v) is 13.2. The lowest BCUT2D eigenvalue weighted by atomic mass is 9.75. The molecule has 10 heteroatoms. The van der Waals surface area contributed by atoms with E-state index in [9.17, 15) is 8.42 Å². The van der Waals surface area contributed by atoms with Crippen LogP contribution in [0.4, 0.5) is 5.82 Å². The van der Waals surface area contributed by atoms with Crippen LogP contribution in [0.1, 0.15) is 40.3 Å². The topological polar surface area (TPSA) is 84.3 Å². The van der Waals surface area contributed by atoms with Gasteiger partial charge in [0.1, 0.15) is 18.2 Å². The molecule has 1 aliphatic heterocycles. The quantitative estimate of drug-likeness (QED) is 0.0445. The van der Waals surface area contributed by atoms with E-state index in [1.54, 1.807) is 42.6 Å². The fraction of sp³-hybridized carbons (Fsp3) is 0.217. The third-order valence-electron chi connectivity index (χ3n) is 10.1. The van der Waals surface area contributed by atoms with Crippen molar-refractivity contribution in [1.29, 1.82) is 0 Å². The Morgan fingerprint density at radius 2 is 1.39 bits per heavy atom. The van der Waals surface area contributed by atoms with E-state index in [-0.39, 0.29) is 11.5 Å². The maximum absolute atomic E-state index is 13.0. The van der Waals surface area contributed by atoms with Gasteiger partial charge in [-0.25, -0.2) is 13.4 Å². The van der Waals surface area contributed by atoms with Crippen LogP contribution in [0.5, 0.6) is 5.75 Å². The molecule has 0 N–H and O–H groups in total. The second-order valence-corrected chi connectivity index (χ2v) is 17.1. The molecule has 1 fully saturated rings. The molecule has 5 aromatic carbocycles. The normalized spacial score (nSPS) is 15.1. The minimum absolute atomic E-state index is 0.213. The van der Waals surface area contributed by atoms with Crippen molar-refractivity contribution in [1.82, 2.24) is 9.88 Å². The van der Waals surface area contributed by atoms with Gasteiger partial charge < -0.3 is 9.57 Å². The number of thioether (sulfide) groups is 1. The van der Waals surface area contributed by atoms with Gasteiger partial charge in [-0.2, -0.15) is 0 Å². The van der Waals surface area contributed by atoms with E-state index in [4.69, 9.17) is 9.57 Å². The van der Waals surface area contributed by atoms with Gasteiger partial charge >= 0.3 is 0 Å². The molecule has 1 aliphatic rings. The van der Waals surface area contributed by atoms with E-state index >= 15 is 0 Å². The lowest BCUT2D eigenvalue weighted by molar-refractivity contribution is 0.107. The number of ether oxygens (including phenoxy) is 1. The summed E-state index contributed by atoms with van der Waals surface area (Å²) in [4.78, 5) is 12.8. The summed E-state index contributed by atoms with van der Waals surface area (Å²) in [6, 6.07) is 51.2. The van der Waals surface area contributed by atoms with Gasteiger partial charge in [0.15, 0.2) is 6.61 Å². The number of aromatic nitrogens is 1. The molecule has 1 unspecified atom stereocenters. The molecule has 6 aromatic rings. The van der Waals surface area contributed by atoms with E-state index in [2.05, 4.69) is 118 Å². The summed E-state index contributed by atoms with van der Waals surface area (Å²) in [7, 11) is -2.24. The number of aryl methyl sites for hydroxylation is 1. The molecule has 1 atom stereocenters. The molecule has 8 nitrogen and oxygen atoms in total. The smallest absolute Gasteiger partial charge is 0.265 e. The van der Waals surface area contributed by atoms with Gasteiger partial charge in [-0.3, -0.25) is 9.21 Å². The van der Waals surface area contributed by atoms with Crippen molar-refractivity contribution >= 4 is 33.3 Å². The molecule has 286 valence electrons. The maximum atomic E-state index is 13.0. The molecular formula is C46H46N4O4S2. The number of pyridine rings is 1. The summed E-state index contributed by atoms with van der Waals surface area (Å²) in [5, 5.41) is 4.65. The highest BCUT2D eigenvalue weighted by molar-refractivity contribution is 8.00. The highest BCUT2D eigenvalue weighted by atomic mass is 32.2. The fourth-order valence-corrected chi connectivity index (χ4v) is 9.58. The van der Waals surface area contributed by atoms with Crippen LogP contribution in [-0.2, 0) is 26.8 Å². The molecule has 1 aromatic heterocycles. The second kappa shape index (κ2) is 17.6. The Labute approximate surface area is 334 Å². The van der Waals surface area contributed by atoms with Crippen LogP contribution < -0.4 is 9.04 Å². The summed E-state index contributed by atoms with van der Waals surface area (Å²) in [5.41, 5.74) is 7.02. The average Bonchev–Trinajstić information content (AvgIpc) is 3.71. The molecule has 0 bridgehead atoms. The number of rotatable bonds is 15. The molecular weight excluding hydrogens is 737 g/mol. The first-order valence-electron chi connectivity index (χ1n) is 18.7. The summed E-state index contributed by atoms with van der Waals surface area (Å²) in [6.07, 6.45) is 2.55. The fourth-order valence-electron chi connectivity index (χ4n) is 7.14. The Balaban J connectivity index is 0.919. The van der Waals surface area contributed by atoms with Crippen molar-refractivity contribution in [3.8, 4) is 5.75 Å². The molecule has 2 heterocycles. The van der Waals surface area contributed by atoms with Gasteiger partial charge in [0.25, 0.3) is 10.0 Å². The van der Waals surface area contributed by atoms with Crippen molar-refractivity contribution in [3.63, 3.8) is 0 Å². The Morgan fingerprint density at radius 1 is 0.804 bits per heavy atom. The Morgan fingerprint density at radius 3 is 1.95 bits per heavy atom. The zero-order chi connectivity index (χ0) is 39.0. The molecule has 0 aliphatic carbocycles. The van der Waals surface area contributed by atoms with E-state index in [0.29, 0.717) is 23.4 Å². The lowest BCUT2D eigenvalue weighted by Crippen LogP contribution is -2.47. The zero-order valence-corrected chi connectivity index (χ0v) is 33.5. The number of benzene rings is 5. The van der Waals surface area contributed by atoms with E-state index < -0.39 is 15.6 Å². The number of sulfonamides is 1. The predicted octanol–water partition coefficient (Wildman–Crippen LogP) is 8.94. The van der Waals surface area contributed by atoms with Crippen LogP contribution in [0.3, 0.4) is 0 Å². The van der Waals surface area contributed by atoms with Crippen LogP contribution in [-0.4, -0.2) is 61.9 Å². The van der Waals surface area contributed by atoms with Crippen molar-refractivity contribution in [2.45, 2.75) is 36.0 Å². The van der Waals surface area contributed by atoms with Gasteiger partial charge in [0.2, 0.25) is 0 Å². The minimum atomic E-state index is -3.73. The lowest BCUT2D eigenvalue weighted by Gasteiger charge is -2.43. The highest BCUT2D eigenvalue weighted by Crippen LogP contribution is 2.46. The Kier molecular flexibility index (Phi) is 12.2. The van der Waals surface area contributed by atoms with Crippen molar-refractivity contribution in [3.05, 3.63) is 191 Å². The number of hydrogen-bond donors (Lipinski definition) is 0. The summed E-state index contributed by atoms with van der Waals surface area (Å²) in [6.45, 7) is 5.28. The molecule has 56 heavy (non-hydrogen) atoms. The zero-order valence-electron chi connectivity index (χ0n) is 31.9. The maximum Gasteiger partial charge on any atom is 0.265 e. The van der Waals surface area contributed by atoms with E-state index in [0.717, 1.165) is 35.7 Å². The van der Waals surface area contributed by atoms with E-state index in [1.165, 1.54) is 33.6 Å². The van der Waals surface area contributed by atoms with Crippen LogP contribution in [0.2, 0.25) is 0 Å². The average molecular weight is 783 g/mol. The monoisotopic (exact) mass is 782 g/mol. The van der Waals surface area contributed by atoms with Gasteiger partial charge in [-0.15, -0.1) is 11.8 Å². The van der Waals surface area contributed by atoms with Crippen LogP contribution in [0.15, 0.2) is 168 Å². The molecule has 1 saturated heterocycles. The van der Waals surface area contributed by atoms with Crippen LogP contribution >= 0.6 is 11.8 Å². The largest absolute Gasteiger partial charge is 0.490 e. The summed E-state index contributed by atoms with van der Waals surface area (Å²) < 4.78 is 33.2. The standard InChI is InChI=1S/C46H46N4O4S2/c1-35-19-26-44(27-20-35)56(51,52)49(3)45-28-23-38(32-47-45)36(2)48-54-30-29-53-42-24-21-37(22-25-42)31-43-33-50(34-55-43)46(39-13-7-4-8-14-39,40-15-9-5-10-16-40)41-17-11-6-12-18-41/h4-28,32,43H,29-31,33-34H2,1-3H3. The van der Waals surface area contributed by atoms with Crippen molar-refractivity contribution in [2.75, 3.05) is 37.0 Å². The molecule has 0 amide bonds. The van der Waals surface area contributed by atoms with Gasteiger partial charge in [-0.05, 0) is 78.9 Å². The minimum Gasteiger partial charge on any atom is -0.490 e. The molecule has 0 radical (unpaired) electrons. The van der Waals surface area contributed by atoms with Crippen LogP contribution in [0, 0.1) is 6.92 Å². The molecule has 0 saturated carbocycles. The predicted molar refractivity (Wildman–Crippen MR) is 227 cm³/mol. The Hall–Kier alpha value is -5.42. The van der Waals surface area contributed by atoms with Crippen molar-refractivity contribution < 1.29 is 18.0 Å². The summed E-state index contributed by atoms with van der Waals surface area (Å²) >= 11 is 2.02.